The number of halogens is 2. The molecule has 0 fully saturated rings. The number of aromatic nitrogens is 2. The van der Waals surface area contributed by atoms with Crippen LogP contribution in [0.3, 0.4) is 0 Å². The van der Waals surface area contributed by atoms with Crippen LogP contribution in [0.2, 0.25) is 5.02 Å². The molecule has 0 saturated carbocycles. The second kappa shape index (κ2) is 6.82. The van der Waals surface area contributed by atoms with Gasteiger partial charge in [-0.15, -0.1) is 0 Å². The zero-order valence-electron chi connectivity index (χ0n) is 12.1. The first kappa shape index (κ1) is 15.5. The highest BCUT2D eigenvalue weighted by atomic mass is 79.9. The molecule has 0 saturated heterocycles. The molecular formula is C17H17BrClN3. The lowest BCUT2D eigenvalue weighted by molar-refractivity contribution is 0.748. The molecule has 2 aromatic heterocycles. The molecule has 3 rings (SSSR count). The van der Waals surface area contributed by atoms with Crippen LogP contribution in [-0.2, 0) is 6.42 Å². The minimum Gasteiger partial charge on any atom is -0.354 e. The third-order valence-corrected chi connectivity index (χ3v) is 4.41. The minimum atomic E-state index is 0.719. The van der Waals surface area contributed by atoms with Gasteiger partial charge in [0.2, 0.25) is 0 Å². The van der Waals surface area contributed by atoms with Crippen molar-refractivity contribution >= 4 is 38.4 Å². The predicted octanol–water partition coefficient (Wildman–Crippen LogP) is 4.93. The van der Waals surface area contributed by atoms with Crippen molar-refractivity contribution in [1.82, 2.24) is 9.97 Å². The van der Waals surface area contributed by atoms with Gasteiger partial charge in [-0.25, -0.2) is 0 Å². The van der Waals surface area contributed by atoms with Crippen LogP contribution in [0.15, 0.2) is 41.1 Å². The van der Waals surface area contributed by atoms with Gasteiger partial charge in [0.25, 0.3) is 0 Å². The second-order valence-electron chi connectivity index (χ2n) is 5.31. The minimum absolute atomic E-state index is 0.719. The number of unbranched alkanes of at least 4 members (excludes halogenated alkanes) is 1. The summed E-state index contributed by atoms with van der Waals surface area (Å²) in [5.74, 6) is 0. The van der Waals surface area contributed by atoms with E-state index >= 15 is 0 Å². The first-order chi connectivity index (χ1) is 10.7. The van der Waals surface area contributed by atoms with Crippen LogP contribution in [0.5, 0.6) is 0 Å². The quantitative estimate of drug-likeness (QED) is 0.619. The van der Waals surface area contributed by atoms with E-state index in [1.165, 1.54) is 10.9 Å². The van der Waals surface area contributed by atoms with E-state index in [1.807, 2.05) is 24.4 Å². The van der Waals surface area contributed by atoms with Crippen molar-refractivity contribution in [1.29, 1.82) is 0 Å². The second-order valence-corrected chi connectivity index (χ2v) is 6.66. The van der Waals surface area contributed by atoms with Gasteiger partial charge in [-0.3, -0.25) is 4.98 Å². The third kappa shape index (κ3) is 3.19. The third-order valence-electron chi connectivity index (χ3n) is 3.74. The maximum atomic E-state index is 6.18. The number of hydrogen-bond donors (Lipinski definition) is 2. The lowest BCUT2D eigenvalue weighted by Crippen LogP contribution is -1.99. The van der Waals surface area contributed by atoms with Gasteiger partial charge in [-0.2, -0.15) is 0 Å². The molecule has 5 heteroatoms. The molecular weight excluding hydrogens is 362 g/mol. The Hall–Kier alpha value is -1.36. The Morgan fingerprint density at radius 2 is 2.05 bits per heavy atom. The van der Waals surface area contributed by atoms with Crippen LogP contribution in [0.1, 0.15) is 18.4 Å². The average Bonchev–Trinajstić information content (AvgIpc) is 2.86. The van der Waals surface area contributed by atoms with E-state index in [-0.39, 0.29) is 0 Å². The Kier molecular flexibility index (Phi) is 4.81. The van der Waals surface area contributed by atoms with E-state index in [9.17, 15) is 0 Å². The van der Waals surface area contributed by atoms with Gasteiger partial charge in [-0.1, -0.05) is 11.6 Å². The summed E-state index contributed by atoms with van der Waals surface area (Å²) in [6.07, 6.45) is 6.72. The molecule has 2 heterocycles. The number of rotatable bonds is 5. The SMILES string of the molecule is NCCCCc1c(-c2cncc(Br)c2)[nH]c2ccc(Cl)cc12. The normalized spacial score (nSPS) is 11.2. The van der Waals surface area contributed by atoms with Gasteiger partial charge in [0, 0.05) is 38.4 Å². The number of nitrogens with zero attached hydrogens (tertiary/aromatic N) is 1. The van der Waals surface area contributed by atoms with Crippen molar-refractivity contribution in [3.8, 4) is 11.3 Å². The van der Waals surface area contributed by atoms with Crippen molar-refractivity contribution in [3.63, 3.8) is 0 Å². The molecule has 0 atom stereocenters. The van der Waals surface area contributed by atoms with Crippen LogP contribution in [0, 0.1) is 0 Å². The maximum absolute atomic E-state index is 6.18. The lowest BCUT2D eigenvalue weighted by atomic mass is 10.0. The number of H-pyrrole nitrogens is 1. The first-order valence-electron chi connectivity index (χ1n) is 7.30. The molecule has 1 aromatic carbocycles. The highest BCUT2D eigenvalue weighted by molar-refractivity contribution is 9.10. The van der Waals surface area contributed by atoms with Crippen molar-refractivity contribution in [2.45, 2.75) is 19.3 Å². The maximum Gasteiger partial charge on any atom is 0.0513 e. The summed E-state index contributed by atoms with van der Waals surface area (Å²) in [6.45, 7) is 0.719. The highest BCUT2D eigenvalue weighted by Gasteiger charge is 2.14. The van der Waals surface area contributed by atoms with Crippen molar-refractivity contribution in [3.05, 3.63) is 51.7 Å². The Morgan fingerprint density at radius 3 is 2.82 bits per heavy atom. The number of aryl methyl sites for hydroxylation is 1. The van der Waals surface area contributed by atoms with Crippen molar-refractivity contribution in [2.75, 3.05) is 6.54 Å². The molecule has 0 radical (unpaired) electrons. The van der Waals surface area contributed by atoms with E-state index in [2.05, 4.69) is 32.0 Å². The Labute approximate surface area is 143 Å². The van der Waals surface area contributed by atoms with Gasteiger partial charge < -0.3 is 10.7 Å². The van der Waals surface area contributed by atoms with E-state index in [1.54, 1.807) is 6.20 Å². The van der Waals surface area contributed by atoms with E-state index in [0.717, 1.165) is 52.1 Å². The summed E-state index contributed by atoms with van der Waals surface area (Å²) in [5, 5.41) is 1.94. The molecule has 22 heavy (non-hydrogen) atoms. The number of pyridine rings is 1. The summed E-state index contributed by atoms with van der Waals surface area (Å²) in [4.78, 5) is 7.78. The predicted molar refractivity (Wildman–Crippen MR) is 96.2 cm³/mol. The monoisotopic (exact) mass is 377 g/mol. The number of fused-ring (bicyclic) bond motifs is 1. The number of nitrogens with one attached hydrogen (secondary N) is 1. The van der Waals surface area contributed by atoms with E-state index < -0.39 is 0 Å². The molecule has 0 spiro atoms. The first-order valence-corrected chi connectivity index (χ1v) is 8.47. The van der Waals surface area contributed by atoms with Crippen LogP contribution in [-0.4, -0.2) is 16.5 Å². The molecule has 0 amide bonds. The summed E-state index contributed by atoms with van der Waals surface area (Å²) in [5.41, 5.74) is 10.2. The largest absolute Gasteiger partial charge is 0.354 e. The summed E-state index contributed by atoms with van der Waals surface area (Å²) >= 11 is 9.67. The molecule has 114 valence electrons. The topological polar surface area (TPSA) is 54.7 Å². The molecule has 3 aromatic rings. The van der Waals surface area contributed by atoms with Gasteiger partial charge in [0.05, 0.1) is 5.69 Å². The Morgan fingerprint density at radius 1 is 1.18 bits per heavy atom. The van der Waals surface area contributed by atoms with Gasteiger partial charge in [0.1, 0.15) is 0 Å². The number of hydrogen-bond acceptors (Lipinski definition) is 2. The number of aromatic amines is 1. The highest BCUT2D eigenvalue weighted by Crippen LogP contribution is 2.33. The fourth-order valence-corrected chi connectivity index (χ4v) is 3.26. The Bertz CT molecular complexity index is 798. The molecule has 0 aliphatic rings. The van der Waals surface area contributed by atoms with Gasteiger partial charge >= 0.3 is 0 Å². The average molecular weight is 379 g/mol. The smallest absolute Gasteiger partial charge is 0.0513 e. The zero-order valence-corrected chi connectivity index (χ0v) is 14.4. The number of nitrogens with two attached hydrogens (primary N) is 1. The fraction of sp³-hybridized carbons (Fsp3) is 0.235. The van der Waals surface area contributed by atoms with Crippen LogP contribution in [0.25, 0.3) is 22.2 Å². The van der Waals surface area contributed by atoms with Crippen molar-refractivity contribution in [2.24, 2.45) is 5.73 Å². The van der Waals surface area contributed by atoms with E-state index in [4.69, 9.17) is 17.3 Å². The van der Waals surface area contributed by atoms with Crippen LogP contribution < -0.4 is 5.73 Å². The molecule has 3 N–H and O–H groups in total. The fourth-order valence-electron chi connectivity index (χ4n) is 2.72. The van der Waals surface area contributed by atoms with Gasteiger partial charge in [0.15, 0.2) is 0 Å². The molecule has 0 aliphatic carbocycles. The van der Waals surface area contributed by atoms with Crippen molar-refractivity contribution < 1.29 is 0 Å². The van der Waals surface area contributed by atoms with E-state index in [0.29, 0.717) is 0 Å². The molecule has 0 bridgehead atoms. The number of benzene rings is 1. The summed E-state index contributed by atoms with van der Waals surface area (Å²) in [6, 6.07) is 8.04. The molecule has 0 unspecified atom stereocenters. The van der Waals surface area contributed by atoms with Crippen LogP contribution >= 0.6 is 27.5 Å². The Balaban J connectivity index is 2.13. The standard InChI is InChI=1S/C17H17BrClN3/c18-12-7-11(9-21-10-12)17-14(3-1-2-6-20)15-8-13(19)4-5-16(15)22-17/h4-5,7-10,22H,1-3,6,20H2. The molecule has 0 aliphatic heterocycles. The summed E-state index contributed by atoms with van der Waals surface area (Å²) < 4.78 is 0.967. The zero-order chi connectivity index (χ0) is 15.5. The van der Waals surface area contributed by atoms with Crippen LogP contribution in [0.4, 0.5) is 0 Å². The lowest BCUT2D eigenvalue weighted by Gasteiger charge is -2.05. The van der Waals surface area contributed by atoms with Gasteiger partial charge in [-0.05, 0) is 71.6 Å². The molecule has 3 nitrogen and oxygen atoms in total. The summed E-state index contributed by atoms with van der Waals surface area (Å²) in [7, 11) is 0.